The Hall–Kier alpha value is -3.46. The lowest BCUT2D eigenvalue weighted by Gasteiger charge is -2.21. The van der Waals surface area contributed by atoms with E-state index in [4.69, 9.17) is 4.74 Å². The summed E-state index contributed by atoms with van der Waals surface area (Å²) in [5.41, 5.74) is 4.18. The van der Waals surface area contributed by atoms with Crippen LogP contribution in [-0.2, 0) is 14.3 Å². The molecule has 0 saturated carbocycles. The second kappa shape index (κ2) is 8.27. The third-order valence-electron chi connectivity index (χ3n) is 5.29. The average molecular weight is 382 g/mol. The van der Waals surface area contributed by atoms with Gasteiger partial charge in [0, 0.05) is 11.5 Å². The van der Waals surface area contributed by atoms with E-state index in [0.717, 1.165) is 22.3 Å². The molecule has 3 aromatic rings. The Morgan fingerprint density at radius 1 is 0.793 bits per heavy atom. The molecule has 0 N–H and O–H groups in total. The second-order valence-electron chi connectivity index (χ2n) is 7.00. The van der Waals surface area contributed by atoms with E-state index in [1.54, 1.807) is 6.92 Å². The number of ether oxygens (including phenoxy) is 1. The van der Waals surface area contributed by atoms with Gasteiger partial charge in [-0.1, -0.05) is 91.0 Å². The summed E-state index contributed by atoms with van der Waals surface area (Å²) >= 11 is 0. The van der Waals surface area contributed by atoms with Crippen molar-refractivity contribution in [3.8, 4) is 0 Å². The Bertz CT molecular complexity index is 1040. The zero-order chi connectivity index (χ0) is 20.2. The lowest BCUT2D eigenvalue weighted by atomic mass is 9.82. The van der Waals surface area contributed by atoms with Crippen LogP contribution in [0.25, 0.3) is 11.1 Å². The number of allylic oxidation sites excluding steroid dienone is 2. The lowest BCUT2D eigenvalue weighted by Crippen LogP contribution is -2.28. The van der Waals surface area contributed by atoms with Crippen LogP contribution in [0.15, 0.2) is 91.0 Å². The van der Waals surface area contributed by atoms with E-state index in [1.165, 1.54) is 0 Å². The van der Waals surface area contributed by atoms with E-state index in [2.05, 4.69) is 0 Å². The Morgan fingerprint density at radius 3 is 1.86 bits per heavy atom. The molecule has 0 fully saturated rings. The fourth-order valence-electron chi connectivity index (χ4n) is 4.10. The molecular weight excluding hydrogens is 360 g/mol. The van der Waals surface area contributed by atoms with Crippen LogP contribution in [0.4, 0.5) is 0 Å². The third-order valence-corrected chi connectivity index (χ3v) is 5.29. The van der Waals surface area contributed by atoms with E-state index in [-0.39, 0.29) is 18.3 Å². The highest BCUT2D eigenvalue weighted by Crippen LogP contribution is 2.50. The molecule has 0 amide bonds. The van der Waals surface area contributed by atoms with Crippen molar-refractivity contribution in [1.82, 2.24) is 0 Å². The second-order valence-corrected chi connectivity index (χ2v) is 7.00. The number of hydrogen-bond donors (Lipinski definition) is 0. The smallest absolute Gasteiger partial charge is 0.317 e. The molecule has 0 heterocycles. The highest BCUT2D eigenvalue weighted by atomic mass is 16.5. The van der Waals surface area contributed by atoms with Crippen LogP contribution in [0.5, 0.6) is 0 Å². The Balaban J connectivity index is 1.99. The number of ketones is 1. The van der Waals surface area contributed by atoms with Crippen molar-refractivity contribution in [2.45, 2.75) is 12.8 Å². The number of esters is 1. The van der Waals surface area contributed by atoms with Crippen LogP contribution in [0.3, 0.4) is 0 Å². The van der Waals surface area contributed by atoms with Crippen LogP contribution in [-0.4, -0.2) is 18.4 Å². The summed E-state index contributed by atoms with van der Waals surface area (Å²) in [6, 6.07) is 29.2. The Labute approximate surface area is 170 Å². The molecule has 0 spiro atoms. The first-order valence-corrected chi connectivity index (χ1v) is 9.83. The number of rotatable bonds is 5. The fourth-order valence-corrected chi connectivity index (χ4v) is 4.10. The highest BCUT2D eigenvalue weighted by molar-refractivity contribution is 6.37. The predicted molar refractivity (Wildman–Crippen MR) is 114 cm³/mol. The first-order valence-electron chi connectivity index (χ1n) is 9.83. The molecular formula is C26H22O3. The zero-order valence-corrected chi connectivity index (χ0v) is 16.2. The molecule has 3 nitrogen and oxygen atoms in total. The number of benzene rings is 3. The maximum atomic E-state index is 13.6. The highest BCUT2D eigenvalue weighted by Gasteiger charge is 2.48. The van der Waals surface area contributed by atoms with Crippen molar-refractivity contribution in [3.05, 3.63) is 108 Å². The van der Waals surface area contributed by atoms with Gasteiger partial charge in [-0.2, -0.15) is 0 Å². The van der Waals surface area contributed by atoms with Crippen LogP contribution in [0.1, 0.15) is 29.5 Å². The van der Waals surface area contributed by atoms with E-state index in [0.29, 0.717) is 5.57 Å². The molecule has 0 radical (unpaired) electrons. The molecule has 3 aromatic carbocycles. The van der Waals surface area contributed by atoms with E-state index >= 15 is 0 Å². The van der Waals surface area contributed by atoms with Gasteiger partial charge < -0.3 is 4.74 Å². The Morgan fingerprint density at radius 2 is 1.31 bits per heavy atom. The molecule has 4 rings (SSSR count). The summed E-state index contributed by atoms with van der Waals surface area (Å²) < 4.78 is 5.33. The fraction of sp³-hybridized carbons (Fsp3) is 0.154. The van der Waals surface area contributed by atoms with Gasteiger partial charge in [-0.05, 0) is 29.2 Å². The molecule has 0 saturated heterocycles. The molecule has 0 bridgehead atoms. The Kier molecular flexibility index (Phi) is 5.39. The van der Waals surface area contributed by atoms with Crippen LogP contribution in [0, 0.1) is 5.92 Å². The number of hydrogen-bond acceptors (Lipinski definition) is 3. The first-order chi connectivity index (χ1) is 14.2. The number of carbonyl (C=O) groups excluding carboxylic acids is 2. The normalized spacial score (nSPS) is 18.7. The standard InChI is InChI=1S/C26H22O3/c1-2-29-26(28)24-22(19-14-8-4-9-15-19)21(18-12-6-3-7-13-18)23(25(24)27)20-16-10-5-11-17-20/h3-17,22,24H,2H2,1H3/t22-,24+/m0/s1. The summed E-state index contributed by atoms with van der Waals surface area (Å²) in [4.78, 5) is 26.6. The van der Waals surface area contributed by atoms with Gasteiger partial charge in [0.05, 0.1) is 6.61 Å². The zero-order valence-electron chi connectivity index (χ0n) is 16.2. The first kappa shape index (κ1) is 18.9. The van der Waals surface area contributed by atoms with E-state index in [9.17, 15) is 9.59 Å². The topological polar surface area (TPSA) is 43.4 Å². The maximum absolute atomic E-state index is 13.6. The molecule has 2 atom stereocenters. The molecule has 0 aromatic heterocycles. The summed E-state index contributed by atoms with van der Waals surface area (Å²) in [5.74, 6) is -1.92. The van der Waals surface area contributed by atoms with Crippen molar-refractivity contribution in [1.29, 1.82) is 0 Å². The van der Waals surface area contributed by atoms with Gasteiger partial charge in [0.1, 0.15) is 5.92 Å². The molecule has 3 heteroatoms. The van der Waals surface area contributed by atoms with Crippen molar-refractivity contribution >= 4 is 22.9 Å². The monoisotopic (exact) mass is 382 g/mol. The predicted octanol–water partition coefficient (Wildman–Crippen LogP) is 5.14. The van der Waals surface area contributed by atoms with Gasteiger partial charge >= 0.3 is 5.97 Å². The van der Waals surface area contributed by atoms with Crippen molar-refractivity contribution in [3.63, 3.8) is 0 Å². The number of carbonyl (C=O) groups is 2. The summed E-state index contributed by atoms with van der Waals surface area (Å²) in [6.45, 7) is 2.00. The molecule has 1 aliphatic rings. The van der Waals surface area contributed by atoms with Crippen molar-refractivity contribution < 1.29 is 14.3 Å². The van der Waals surface area contributed by atoms with Crippen LogP contribution < -0.4 is 0 Å². The number of Topliss-reactive ketones (excluding diaryl/α,β-unsaturated/α-hetero) is 1. The minimum atomic E-state index is -0.886. The summed E-state index contributed by atoms with van der Waals surface area (Å²) in [7, 11) is 0. The molecule has 0 aliphatic heterocycles. The minimum Gasteiger partial charge on any atom is -0.465 e. The van der Waals surface area contributed by atoms with E-state index in [1.807, 2.05) is 91.0 Å². The lowest BCUT2D eigenvalue weighted by molar-refractivity contribution is -0.150. The van der Waals surface area contributed by atoms with Crippen LogP contribution >= 0.6 is 0 Å². The molecule has 144 valence electrons. The van der Waals surface area contributed by atoms with Crippen molar-refractivity contribution in [2.24, 2.45) is 5.92 Å². The van der Waals surface area contributed by atoms with Gasteiger partial charge in [0.15, 0.2) is 5.78 Å². The molecule has 29 heavy (non-hydrogen) atoms. The van der Waals surface area contributed by atoms with Gasteiger partial charge in [0.25, 0.3) is 0 Å². The third kappa shape index (κ3) is 3.52. The quantitative estimate of drug-likeness (QED) is 0.453. The van der Waals surface area contributed by atoms with Gasteiger partial charge in [-0.15, -0.1) is 0 Å². The van der Waals surface area contributed by atoms with Gasteiger partial charge in [0.2, 0.25) is 0 Å². The summed E-state index contributed by atoms with van der Waals surface area (Å²) in [5, 5.41) is 0. The molecule has 0 unspecified atom stereocenters. The average Bonchev–Trinajstić information content (AvgIpc) is 3.09. The van der Waals surface area contributed by atoms with Crippen molar-refractivity contribution in [2.75, 3.05) is 6.61 Å². The van der Waals surface area contributed by atoms with E-state index < -0.39 is 11.9 Å². The van der Waals surface area contributed by atoms with Crippen LogP contribution in [0.2, 0.25) is 0 Å². The largest absolute Gasteiger partial charge is 0.465 e. The minimum absolute atomic E-state index is 0.178. The maximum Gasteiger partial charge on any atom is 0.317 e. The van der Waals surface area contributed by atoms with Gasteiger partial charge in [-0.3, -0.25) is 9.59 Å². The summed E-state index contributed by atoms with van der Waals surface area (Å²) in [6.07, 6.45) is 0. The van der Waals surface area contributed by atoms with Gasteiger partial charge in [-0.25, -0.2) is 0 Å². The molecule has 1 aliphatic carbocycles. The SMILES string of the molecule is CCOC(=O)[C@H]1C(=O)C(c2ccccc2)=C(c2ccccc2)[C@@H]1c1ccccc1.